The third-order valence-corrected chi connectivity index (χ3v) is 20.6. The van der Waals surface area contributed by atoms with Gasteiger partial charge in [0.15, 0.2) is 5.82 Å². The predicted octanol–water partition coefficient (Wildman–Crippen LogP) is 4.55. The number of aryl methyl sites for hydroxylation is 3. The number of amides is 8. The van der Waals surface area contributed by atoms with Crippen LogP contribution in [0.15, 0.2) is 156 Å². The van der Waals surface area contributed by atoms with Gasteiger partial charge in [0.05, 0.1) is 52.5 Å². The monoisotopic (exact) mass is 1830 g/mol. The molecule has 668 valence electrons. The number of carbonyl (C=O) groups is 9. The summed E-state index contributed by atoms with van der Waals surface area (Å²) in [5, 5.41) is 0.562. The van der Waals surface area contributed by atoms with Crippen molar-refractivity contribution in [1.29, 1.82) is 0 Å². The molecule has 8 amide bonds. The normalized spacial score (nSPS) is 20.0. The molecule has 8 aliphatic rings. The number of esters is 1. The van der Waals surface area contributed by atoms with Crippen molar-refractivity contribution in [3.63, 3.8) is 0 Å². The number of rotatable bonds is 1. The van der Waals surface area contributed by atoms with Crippen LogP contribution in [0.4, 0.5) is 49.9 Å². The SMILES string of the molecule is CN1C(=O)[C@@H](N)COc2ccc(Br)cc21.CN1C(=O)[C@@H](N)COc2ccc(Cl)cc21.CN1C(=O)[C@@H](N)COc2cccc(F)c21.CN1C(=O)[C@@H](N)COc2ccccc21.COC(=O)c1ccc2c(c1)N(C)C(=O)[C@@H](N)CO2.Cc1ccc2c(c1)N(C)C(=O)[C@@H](N)CO2.Cc1ccc2c(c1)OC[C@H](N)C(=O)N2C.Cc1cccc2c1N(C)C(=O)[C@@H](N)CO2.O=S=O. The first-order chi connectivity index (χ1) is 59.2. The van der Waals surface area contributed by atoms with E-state index in [4.69, 9.17) is 104 Å². The lowest BCUT2D eigenvalue weighted by Gasteiger charge is -2.19. The topological polar surface area (TPSA) is 505 Å². The fourth-order valence-corrected chi connectivity index (χ4v) is 13.3. The van der Waals surface area contributed by atoms with Gasteiger partial charge in [0.1, 0.15) is 153 Å². The van der Waals surface area contributed by atoms with Crippen LogP contribution >= 0.6 is 27.5 Å². The molecule has 0 fully saturated rings. The summed E-state index contributed by atoms with van der Waals surface area (Å²) >= 11 is 8.46. The number of nitrogens with zero attached hydrogens (tertiary/aromatic N) is 8. The van der Waals surface area contributed by atoms with E-state index in [9.17, 15) is 47.5 Å². The van der Waals surface area contributed by atoms with Crippen molar-refractivity contribution in [3.8, 4) is 46.0 Å². The standard InChI is InChI=1S/C12H14N2O4.3C11H14N2O2.C10H11BrN2O2.C10H11ClN2O2.C10H11FN2O2.C10H12N2O2.O2S/c1-14-9-5-7(12(16)17-2)3-4-10(9)18-6-8(13)11(14)15;1-7-3-4-10-9(5-7)13(2)11(14)8(12)6-15-10;1-7-3-4-9-10(5-7)15-6-8(12)11(14)13(9)2;1-7-4-3-5-9-10(7)13(2)11(14)8(12)6-15-9;2*1-13-8-4-6(11)2-3-9(8)15-5-7(12)10(13)14;1-13-9-6(11)3-2-4-8(9)15-5-7(12)10(13)14;1-12-8-4-2-3-5-9(8)14-6-7(11)10(12)13;1-3-2/h3-5,8H,6,13H2,1-2H3;3*3-5,8H,6,12H2,1-2H3;3*2-4,7H,5,12H2,1H3;2-5,7H,6,11H2,1H3;/t4*8-;4*7-;/m00000000./s1. The number of methoxy groups -OCH3 is 1. The minimum atomic E-state index is -0.750. The Labute approximate surface area is 738 Å². The van der Waals surface area contributed by atoms with Crippen LogP contribution in [-0.2, 0) is 54.7 Å². The molecule has 0 radical (unpaired) electrons. The number of ether oxygens (including phenoxy) is 9. The highest BCUT2D eigenvalue weighted by Crippen LogP contribution is 2.39. The first-order valence-electron chi connectivity index (χ1n) is 38.4. The van der Waals surface area contributed by atoms with Crippen molar-refractivity contribution in [2.24, 2.45) is 45.9 Å². The van der Waals surface area contributed by atoms with Crippen molar-refractivity contribution in [3.05, 3.63) is 189 Å². The number of carbonyl (C=O) groups excluding carboxylic acids is 9. The van der Waals surface area contributed by atoms with Crippen molar-refractivity contribution in [2.45, 2.75) is 69.1 Å². The Morgan fingerprint density at radius 1 is 0.360 bits per heavy atom. The van der Waals surface area contributed by atoms with Gasteiger partial charge in [0.25, 0.3) is 0 Å². The molecule has 0 saturated heterocycles. The summed E-state index contributed by atoms with van der Waals surface area (Å²) in [5.41, 5.74) is 53.9. The molecule has 125 heavy (non-hydrogen) atoms. The van der Waals surface area contributed by atoms with Crippen LogP contribution in [-0.4, -0.2) is 226 Å². The zero-order chi connectivity index (χ0) is 92.1. The molecule has 40 heteroatoms. The number of fused-ring (bicyclic) bond motifs is 8. The lowest BCUT2D eigenvalue weighted by Crippen LogP contribution is -2.43. The summed E-state index contributed by atoms with van der Waals surface area (Å²) in [6.45, 7) is 7.45. The molecule has 8 atom stereocenters. The van der Waals surface area contributed by atoms with E-state index in [0.29, 0.717) is 56.5 Å². The third-order valence-electron chi connectivity index (χ3n) is 19.8. The van der Waals surface area contributed by atoms with E-state index in [1.165, 1.54) is 50.8 Å². The van der Waals surface area contributed by atoms with Gasteiger partial charge in [-0.1, -0.05) is 70.0 Å². The number of halogens is 3. The molecule has 0 aliphatic carbocycles. The van der Waals surface area contributed by atoms with Crippen molar-refractivity contribution >= 4 is 138 Å². The molecule has 8 heterocycles. The maximum atomic E-state index is 13.5. The van der Waals surface area contributed by atoms with Gasteiger partial charge in [-0.3, -0.25) is 38.4 Å². The Hall–Kier alpha value is -12.4. The molecule has 36 nitrogen and oxygen atoms in total. The first-order valence-corrected chi connectivity index (χ1v) is 40.3. The zero-order valence-electron chi connectivity index (χ0n) is 70.6. The Morgan fingerprint density at radius 3 is 1.11 bits per heavy atom. The van der Waals surface area contributed by atoms with Crippen LogP contribution in [0.3, 0.4) is 0 Å². The van der Waals surface area contributed by atoms with Gasteiger partial charge in [-0.05, 0) is 147 Å². The zero-order valence-corrected chi connectivity index (χ0v) is 73.8. The molecule has 0 saturated carbocycles. The van der Waals surface area contributed by atoms with E-state index in [0.717, 1.165) is 61.1 Å². The van der Waals surface area contributed by atoms with Gasteiger partial charge in [-0.2, -0.15) is 8.42 Å². The summed E-state index contributed by atoms with van der Waals surface area (Å²) in [6.07, 6.45) is 0. The van der Waals surface area contributed by atoms with Crippen LogP contribution < -0.4 is 123 Å². The summed E-state index contributed by atoms with van der Waals surface area (Å²) < 4.78 is 79.0. The molecule has 8 aliphatic heterocycles. The second kappa shape index (κ2) is 44.8. The first kappa shape index (κ1) is 98.0. The molecule has 8 aromatic carbocycles. The van der Waals surface area contributed by atoms with Crippen molar-refractivity contribution < 1.29 is 98.6 Å². The Bertz CT molecular complexity index is 5050. The fourth-order valence-electron chi connectivity index (χ4n) is 12.8. The number of hydrogen-bond donors (Lipinski definition) is 8. The molecule has 8 aromatic rings. The average molecular weight is 1830 g/mol. The van der Waals surface area contributed by atoms with Gasteiger partial charge in [0, 0.05) is 65.9 Å². The lowest BCUT2D eigenvalue weighted by atomic mass is 10.1. The van der Waals surface area contributed by atoms with E-state index < -0.39 is 71.7 Å². The summed E-state index contributed by atoms with van der Waals surface area (Å²) in [4.78, 5) is 117. The highest BCUT2D eigenvalue weighted by molar-refractivity contribution is 9.10. The van der Waals surface area contributed by atoms with Gasteiger partial charge < -0.3 is 128 Å². The number of para-hydroxylation sites is 4. The lowest BCUT2D eigenvalue weighted by molar-refractivity contribution is -0.120. The summed E-state index contributed by atoms with van der Waals surface area (Å²) in [5.74, 6) is 2.73. The van der Waals surface area contributed by atoms with Gasteiger partial charge in [0.2, 0.25) is 47.3 Å². The smallest absolute Gasteiger partial charge is 0.337 e. The van der Waals surface area contributed by atoms with Crippen LogP contribution in [0.1, 0.15) is 27.0 Å². The summed E-state index contributed by atoms with van der Waals surface area (Å²) in [6, 6.07) is 39.4. The molecule has 0 unspecified atom stereocenters. The quantitative estimate of drug-likeness (QED) is 0.104. The van der Waals surface area contributed by atoms with Crippen LogP contribution in [0.25, 0.3) is 0 Å². The minimum Gasteiger partial charge on any atom is -0.489 e. The molecular weight excluding hydrogens is 1730 g/mol. The maximum absolute atomic E-state index is 13.5. The number of hydrogen-bond acceptors (Lipinski definition) is 28. The number of anilines is 8. The average Bonchev–Trinajstić information content (AvgIpc) is 1.61. The molecule has 0 bridgehead atoms. The van der Waals surface area contributed by atoms with Crippen molar-refractivity contribution in [2.75, 3.05) is 156 Å². The number of likely N-dealkylation sites (N-methyl/N-ethyl adjacent to an activating group) is 8. The van der Waals surface area contributed by atoms with E-state index in [1.807, 2.05) is 118 Å². The molecule has 16 N–H and O–H groups in total. The van der Waals surface area contributed by atoms with E-state index in [2.05, 4.69) is 20.7 Å². The molecule has 16 rings (SSSR count). The van der Waals surface area contributed by atoms with Gasteiger partial charge >= 0.3 is 17.5 Å². The van der Waals surface area contributed by atoms with Crippen LogP contribution in [0, 0.1) is 26.6 Å². The minimum absolute atomic E-state index is 0.0691. The summed E-state index contributed by atoms with van der Waals surface area (Å²) in [7, 11) is 14.6. The third kappa shape index (κ3) is 24.6. The second-order valence-corrected chi connectivity index (χ2v) is 30.4. The highest BCUT2D eigenvalue weighted by atomic mass is 79.9. The Kier molecular flexibility index (Phi) is 35.1. The van der Waals surface area contributed by atoms with Crippen molar-refractivity contribution in [1.82, 2.24) is 0 Å². The number of nitrogens with two attached hydrogens (primary N) is 8. The maximum Gasteiger partial charge on any atom is 0.337 e. The Morgan fingerprint density at radius 2 is 0.664 bits per heavy atom. The molecular formula is C85H101BrClFN16O20S. The van der Waals surface area contributed by atoms with E-state index in [-0.39, 0.29) is 106 Å². The predicted molar refractivity (Wildman–Crippen MR) is 474 cm³/mol. The molecule has 0 spiro atoms. The van der Waals surface area contributed by atoms with Crippen LogP contribution in [0.5, 0.6) is 46.0 Å². The largest absolute Gasteiger partial charge is 0.489 e. The highest BCUT2D eigenvalue weighted by Gasteiger charge is 2.35. The molecule has 0 aromatic heterocycles. The second-order valence-electron chi connectivity index (χ2n) is 28.9. The van der Waals surface area contributed by atoms with Crippen LogP contribution in [0.2, 0.25) is 5.02 Å². The van der Waals surface area contributed by atoms with Gasteiger partial charge in [-0.15, -0.1) is 0 Å². The Balaban J connectivity index is 0.000000176. The number of benzene rings is 8. The van der Waals surface area contributed by atoms with E-state index >= 15 is 0 Å². The van der Waals surface area contributed by atoms with E-state index in [1.54, 1.807) is 106 Å². The van der Waals surface area contributed by atoms with Gasteiger partial charge in [-0.25, -0.2) is 9.18 Å². The fraction of sp³-hybridized carbons (Fsp3) is 0.329.